The molecule has 0 aliphatic rings. The molecule has 0 fully saturated rings. The zero-order valence-corrected chi connectivity index (χ0v) is 13.5. The summed E-state index contributed by atoms with van der Waals surface area (Å²) in [4.78, 5) is 26.4. The minimum atomic E-state index is -1.03. The minimum Gasteiger partial charge on any atom is -0.476 e. The highest BCUT2D eigenvalue weighted by Crippen LogP contribution is 2.20. The molecule has 6 nitrogen and oxygen atoms in total. The van der Waals surface area contributed by atoms with Gasteiger partial charge in [0.1, 0.15) is 0 Å². The molecule has 7 heteroatoms. The van der Waals surface area contributed by atoms with E-state index in [-0.39, 0.29) is 23.1 Å². The van der Waals surface area contributed by atoms with Crippen molar-refractivity contribution in [1.29, 1.82) is 0 Å². The standard InChI is InChI=1S/C14H23N3O3S/c1-14(2,3)7-9(15)6-11(18)16-5-4-12-17-10(8-21-12)13(19)20/h8-9H,4-7,15H2,1-3H3,(H,16,18)(H,19,20). The van der Waals surface area contributed by atoms with E-state index in [9.17, 15) is 9.59 Å². The molecule has 0 aliphatic carbocycles. The first-order chi connectivity index (χ1) is 9.67. The second kappa shape index (κ2) is 7.51. The number of aromatic nitrogens is 1. The van der Waals surface area contributed by atoms with Crippen LogP contribution in [0, 0.1) is 5.41 Å². The number of rotatable bonds is 7. The zero-order valence-electron chi connectivity index (χ0n) is 12.7. The van der Waals surface area contributed by atoms with Crippen LogP contribution in [-0.4, -0.2) is 34.6 Å². The second-order valence-corrected chi connectivity index (χ2v) is 7.20. The summed E-state index contributed by atoms with van der Waals surface area (Å²) in [7, 11) is 0. The third-order valence-corrected chi connectivity index (χ3v) is 3.66. The molecule has 0 radical (unpaired) electrons. The molecule has 0 saturated carbocycles. The second-order valence-electron chi connectivity index (χ2n) is 6.26. The summed E-state index contributed by atoms with van der Waals surface area (Å²) >= 11 is 1.28. The van der Waals surface area contributed by atoms with Crippen LogP contribution in [0.25, 0.3) is 0 Å². The first-order valence-electron chi connectivity index (χ1n) is 6.87. The van der Waals surface area contributed by atoms with E-state index in [2.05, 4.69) is 31.1 Å². The lowest BCUT2D eigenvalue weighted by Crippen LogP contribution is -2.34. The summed E-state index contributed by atoms with van der Waals surface area (Å²) in [6.07, 6.45) is 1.61. The highest BCUT2D eigenvalue weighted by Gasteiger charge is 2.18. The average Bonchev–Trinajstić information content (AvgIpc) is 2.74. The maximum Gasteiger partial charge on any atom is 0.355 e. The van der Waals surface area contributed by atoms with Crippen LogP contribution in [0.2, 0.25) is 0 Å². The number of hydrogen-bond donors (Lipinski definition) is 3. The van der Waals surface area contributed by atoms with Crippen molar-refractivity contribution < 1.29 is 14.7 Å². The summed E-state index contributed by atoms with van der Waals surface area (Å²) in [6, 6.07) is -0.150. The Morgan fingerprint density at radius 3 is 2.67 bits per heavy atom. The number of nitrogens with two attached hydrogens (primary N) is 1. The van der Waals surface area contributed by atoms with Crippen LogP contribution in [0.1, 0.15) is 49.1 Å². The average molecular weight is 313 g/mol. The van der Waals surface area contributed by atoms with E-state index < -0.39 is 5.97 Å². The number of carbonyl (C=O) groups excluding carboxylic acids is 1. The molecule has 1 atom stereocenters. The summed E-state index contributed by atoms with van der Waals surface area (Å²) < 4.78 is 0. The number of carboxylic acids is 1. The highest BCUT2D eigenvalue weighted by atomic mass is 32.1. The number of nitrogens with zero attached hydrogens (tertiary/aromatic N) is 1. The van der Waals surface area contributed by atoms with Gasteiger partial charge in [0.05, 0.1) is 5.01 Å². The number of amides is 1. The van der Waals surface area contributed by atoms with E-state index in [1.165, 1.54) is 16.7 Å². The smallest absolute Gasteiger partial charge is 0.355 e. The first kappa shape index (κ1) is 17.6. The molecule has 0 spiro atoms. The molecule has 1 heterocycles. The van der Waals surface area contributed by atoms with E-state index in [4.69, 9.17) is 10.8 Å². The van der Waals surface area contributed by atoms with E-state index in [1.807, 2.05) is 0 Å². The lowest BCUT2D eigenvalue weighted by Gasteiger charge is -2.22. The van der Waals surface area contributed by atoms with Gasteiger partial charge in [-0.1, -0.05) is 20.8 Å². The third kappa shape index (κ3) is 7.19. The van der Waals surface area contributed by atoms with Crippen molar-refractivity contribution in [2.45, 2.75) is 46.1 Å². The van der Waals surface area contributed by atoms with Crippen molar-refractivity contribution in [3.8, 4) is 0 Å². The van der Waals surface area contributed by atoms with Crippen LogP contribution in [0.3, 0.4) is 0 Å². The van der Waals surface area contributed by atoms with Crippen molar-refractivity contribution in [3.05, 3.63) is 16.1 Å². The van der Waals surface area contributed by atoms with Gasteiger partial charge in [-0.15, -0.1) is 11.3 Å². The number of thiazole rings is 1. The molecule has 4 N–H and O–H groups in total. The maximum atomic E-state index is 11.7. The minimum absolute atomic E-state index is 0.0496. The topological polar surface area (TPSA) is 105 Å². The molecule has 0 aromatic carbocycles. The Balaban J connectivity index is 2.28. The quantitative estimate of drug-likeness (QED) is 0.710. The van der Waals surface area contributed by atoms with Crippen molar-refractivity contribution in [2.24, 2.45) is 11.1 Å². The molecular weight excluding hydrogens is 290 g/mol. The highest BCUT2D eigenvalue weighted by molar-refractivity contribution is 7.09. The molecule has 0 aliphatic heterocycles. The van der Waals surface area contributed by atoms with Gasteiger partial charge in [-0.3, -0.25) is 4.79 Å². The fourth-order valence-corrected chi connectivity index (χ4v) is 2.77. The Bertz CT molecular complexity index is 494. The number of hydrogen-bond acceptors (Lipinski definition) is 5. The lowest BCUT2D eigenvalue weighted by molar-refractivity contribution is -0.121. The van der Waals surface area contributed by atoms with Crippen LogP contribution >= 0.6 is 11.3 Å². The Labute approximate surface area is 128 Å². The SMILES string of the molecule is CC(C)(C)CC(N)CC(=O)NCCc1nc(C(=O)O)cs1. The van der Waals surface area contributed by atoms with Gasteiger partial charge < -0.3 is 16.2 Å². The predicted molar refractivity (Wildman–Crippen MR) is 82.5 cm³/mol. The third-order valence-electron chi connectivity index (χ3n) is 2.75. The van der Waals surface area contributed by atoms with Gasteiger partial charge in [-0.05, 0) is 11.8 Å². The van der Waals surface area contributed by atoms with Gasteiger partial charge >= 0.3 is 5.97 Å². The molecule has 1 aromatic heterocycles. The maximum absolute atomic E-state index is 11.7. The molecule has 1 amide bonds. The Morgan fingerprint density at radius 1 is 1.48 bits per heavy atom. The van der Waals surface area contributed by atoms with Gasteiger partial charge in [0.15, 0.2) is 5.69 Å². The number of carbonyl (C=O) groups is 2. The van der Waals surface area contributed by atoms with E-state index in [1.54, 1.807) is 0 Å². The summed E-state index contributed by atoms with van der Waals surface area (Å²) in [5.41, 5.74) is 6.10. The molecule has 118 valence electrons. The van der Waals surface area contributed by atoms with E-state index in [0.29, 0.717) is 24.4 Å². The van der Waals surface area contributed by atoms with Crippen molar-refractivity contribution in [2.75, 3.05) is 6.54 Å². The monoisotopic (exact) mass is 313 g/mol. The normalized spacial score (nSPS) is 13.0. The summed E-state index contributed by atoms with van der Waals surface area (Å²) in [6.45, 7) is 6.71. The molecule has 1 rings (SSSR count). The Kier molecular flexibility index (Phi) is 6.29. The Morgan fingerprint density at radius 2 is 2.14 bits per heavy atom. The van der Waals surface area contributed by atoms with Gasteiger partial charge in [0, 0.05) is 30.8 Å². The van der Waals surface area contributed by atoms with Crippen LogP contribution in [0.5, 0.6) is 0 Å². The largest absolute Gasteiger partial charge is 0.476 e. The van der Waals surface area contributed by atoms with Gasteiger partial charge in [0.2, 0.25) is 5.91 Å². The fourth-order valence-electron chi connectivity index (χ4n) is 2.00. The molecule has 1 aromatic rings. The summed E-state index contributed by atoms with van der Waals surface area (Å²) in [5, 5.41) is 13.8. The van der Waals surface area contributed by atoms with Crippen LogP contribution in [-0.2, 0) is 11.2 Å². The van der Waals surface area contributed by atoms with Crippen molar-refractivity contribution in [3.63, 3.8) is 0 Å². The zero-order chi connectivity index (χ0) is 16.0. The summed E-state index contributed by atoms with van der Waals surface area (Å²) in [5.74, 6) is -1.11. The van der Waals surface area contributed by atoms with Crippen LogP contribution in [0.4, 0.5) is 0 Å². The predicted octanol–water partition coefficient (Wildman–Crippen LogP) is 1.65. The van der Waals surface area contributed by atoms with Crippen LogP contribution in [0.15, 0.2) is 5.38 Å². The van der Waals surface area contributed by atoms with Crippen molar-refractivity contribution in [1.82, 2.24) is 10.3 Å². The Hall–Kier alpha value is -1.47. The van der Waals surface area contributed by atoms with Gasteiger partial charge in [-0.25, -0.2) is 9.78 Å². The molecule has 0 saturated heterocycles. The number of carboxylic acid groups (broad SMARTS) is 1. The number of nitrogens with one attached hydrogen (secondary N) is 1. The number of aromatic carboxylic acids is 1. The van der Waals surface area contributed by atoms with Crippen molar-refractivity contribution >= 4 is 23.2 Å². The fraction of sp³-hybridized carbons (Fsp3) is 0.643. The van der Waals surface area contributed by atoms with Crippen LogP contribution < -0.4 is 11.1 Å². The molecule has 0 bridgehead atoms. The van der Waals surface area contributed by atoms with Gasteiger partial charge in [0.25, 0.3) is 0 Å². The lowest BCUT2D eigenvalue weighted by atomic mass is 9.87. The van der Waals surface area contributed by atoms with E-state index >= 15 is 0 Å². The first-order valence-corrected chi connectivity index (χ1v) is 7.75. The molecular formula is C14H23N3O3S. The molecule has 21 heavy (non-hydrogen) atoms. The molecule has 1 unspecified atom stereocenters. The van der Waals surface area contributed by atoms with Gasteiger partial charge in [-0.2, -0.15) is 0 Å². The van der Waals surface area contributed by atoms with E-state index in [0.717, 1.165) is 6.42 Å².